The summed E-state index contributed by atoms with van der Waals surface area (Å²) in [7, 11) is 0. The summed E-state index contributed by atoms with van der Waals surface area (Å²) in [4.78, 5) is 34.7. The van der Waals surface area contributed by atoms with Crippen LogP contribution in [-0.4, -0.2) is 51.9 Å². The quantitative estimate of drug-likeness (QED) is 0.630. The summed E-state index contributed by atoms with van der Waals surface area (Å²) in [6.07, 6.45) is 5.29. The van der Waals surface area contributed by atoms with E-state index in [0.29, 0.717) is 31.0 Å². The second-order valence-corrected chi connectivity index (χ2v) is 5.51. The fourth-order valence-electron chi connectivity index (χ4n) is 2.69. The SMILES string of the molecule is O=C(c1cccnc1)N1CCCN(c2ccc([N+](=O)[O-])cn2)CC1. The third kappa shape index (κ3) is 3.48. The van der Waals surface area contributed by atoms with Gasteiger partial charge in [0.05, 0.1) is 10.5 Å². The van der Waals surface area contributed by atoms with Gasteiger partial charge >= 0.3 is 0 Å². The van der Waals surface area contributed by atoms with E-state index in [2.05, 4.69) is 9.97 Å². The van der Waals surface area contributed by atoms with Crippen LogP contribution in [0.15, 0.2) is 42.9 Å². The topological polar surface area (TPSA) is 92.5 Å². The van der Waals surface area contributed by atoms with Crippen molar-refractivity contribution >= 4 is 17.4 Å². The van der Waals surface area contributed by atoms with Gasteiger partial charge in [0.2, 0.25) is 0 Å². The first-order valence-electron chi connectivity index (χ1n) is 7.70. The van der Waals surface area contributed by atoms with Crippen LogP contribution in [0.25, 0.3) is 0 Å². The summed E-state index contributed by atoms with van der Waals surface area (Å²) in [6, 6.07) is 6.61. The Morgan fingerprint density at radius 3 is 2.67 bits per heavy atom. The van der Waals surface area contributed by atoms with E-state index >= 15 is 0 Å². The molecular formula is C16H17N5O3. The van der Waals surface area contributed by atoms with Gasteiger partial charge in [0.25, 0.3) is 11.6 Å². The Kier molecular flexibility index (Phi) is 4.64. The number of carbonyl (C=O) groups excluding carboxylic acids is 1. The Hall–Kier alpha value is -3.03. The van der Waals surface area contributed by atoms with Gasteiger partial charge in [-0.25, -0.2) is 4.98 Å². The number of aromatic nitrogens is 2. The van der Waals surface area contributed by atoms with Crippen molar-refractivity contribution in [2.75, 3.05) is 31.1 Å². The average Bonchev–Trinajstić information content (AvgIpc) is 2.88. The molecular weight excluding hydrogens is 310 g/mol. The van der Waals surface area contributed by atoms with Crippen LogP contribution >= 0.6 is 0 Å². The van der Waals surface area contributed by atoms with Crippen LogP contribution < -0.4 is 4.90 Å². The van der Waals surface area contributed by atoms with Crippen molar-refractivity contribution in [1.29, 1.82) is 0 Å². The molecule has 1 amide bonds. The predicted molar refractivity (Wildman–Crippen MR) is 87.9 cm³/mol. The molecule has 0 unspecified atom stereocenters. The van der Waals surface area contributed by atoms with E-state index in [4.69, 9.17) is 0 Å². The van der Waals surface area contributed by atoms with E-state index in [1.165, 1.54) is 12.3 Å². The highest BCUT2D eigenvalue weighted by Gasteiger charge is 2.21. The van der Waals surface area contributed by atoms with Crippen molar-refractivity contribution in [3.63, 3.8) is 0 Å². The van der Waals surface area contributed by atoms with Gasteiger partial charge in [-0.05, 0) is 24.6 Å². The molecule has 0 bridgehead atoms. The maximum Gasteiger partial charge on any atom is 0.287 e. The molecule has 1 fully saturated rings. The normalized spacial score (nSPS) is 15.0. The van der Waals surface area contributed by atoms with Crippen molar-refractivity contribution in [3.8, 4) is 0 Å². The summed E-state index contributed by atoms with van der Waals surface area (Å²) in [6.45, 7) is 2.63. The smallest absolute Gasteiger partial charge is 0.287 e. The molecule has 3 rings (SSSR count). The van der Waals surface area contributed by atoms with Gasteiger partial charge in [0.1, 0.15) is 12.0 Å². The number of anilines is 1. The maximum atomic E-state index is 12.5. The van der Waals surface area contributed by atoms with Crippen LogP contribution in [-0.2, 0) is 0 Å². The number of hydrogen-bond acceptors (Lipinski definition) is 6. The first-order valence-corrected chi connectivity index (χ1v) is 7.70. The lowest BCUT2D eigenvalue weighted by Gasteiger charge is -2.22. The lowest BCUT2D eigenvalue weighted by molar-refractivity contribution is -0.385. The lowest BCUT2D eigenvalue weighted by atomic mass is 10.2. The van der Waals surface area contributed by atoms with Gasteiger partial charge in [-0.15, -0.1) is 0 Å². The molecule has 0 aromatic carbocycles. The molecule has 1 saturated heterocycles. The molecule has 124 valence electrons. The van der Waals surface area contributed by atoms with Crippen molar-refractivity contribution < 1.29 is 9.72 Å². The number of nitrogens with zero attached hydrogens (tertiary/aromatic N) is 5. The zero-order valence-electron chi connectivity index (χ0n) is 13.0. The van der Waals surface area contributed by atoms with Gasteiger partial charge in [0, 0.05) is 44.6 Å². The third-order valence-electron chi connectivity index (χ3n) is 3.96. The zero-order valence-corrected chi connectivity index (χ0v) is 13.0. The molecule has 2 aromatic rings. The van der Waals surface area contributed by atoms with Crippen molar-refractivity contribution in [1.82, 2.24) is 14.9 Å². The molecule has 24 heavy (non-hydrogen) atoms. The monoisotopic (exact) mass is 327 g/mol. The highest BCUT2D eigenvalue weighted by molar-refractivity contribution is 5.93. The second kappa shape index (κ2) is 7.03. The molecule has 0 radical (unpaired) electrons. The largest absolute Gasteiger partial charge is 0.355 e. The molecule has 3 heterocycles. The number of pyridine rings is 2. The molecule has 0 saturated carbocycles. The molecule has 0 N–H and O–H groups in total. The average molecular weight is 327 g/mol. The molecule has 1 aliphatic heterocycles. The number of nitro groups is 1. The van der Waals surface area contributed by atoms with Gasteiger partial charge < -0.3 is 9.80 Å². The van der Waals surface area contributed by atoms with Crippen LogP contribution in [0.1, 0.15) is 16.8 Å². The Balaban J connectivity index is 1.66. The van der Waals surface area contributed by atoms with Gasteiger partial charge in [-0.1, -0.05) is 0 Å². The van der Waals surface area contributed by atoms with Crippen LogP contribution in [0.4, 0.5) is 11.5 Å². The van der Waals surface area contributed by atoms with E-state index in [1.807, 2.05) is 9.80 Å². The van der Waals surface area contributed by atoms with Crippen LogP contribution in [0, 0.1) is 10.1 Å². The molecule has 2 aromatic heterocycles. The van der Waals surface area contributed by atoms with E-state index in [-0.39, 0.29) is 11.6 Å². The van der Waals surface area contributed by atoms with E-state index in [9.17, 15) is 14.9 Å². The first-order chi connectivity index (χ1) is 11.6. The Bertz CT molecular complexity index is 720. The molecule has 8 nitrogen and oxygen atoms in total. The molecule has 8 heteroatoms. The molecule has 1 aliphatic rings. The Morgan fingerprint density at radius 2 is 2.00 bits per heavy atom. The summed E-state index contributed by atoms with van der Waals surface area (Å²) in [5.41, 5.74) is 0.557. The number of hydrogen-bond donors (Lipinski definition) is 0. The zero-order chi connectivity index (χ0) is 16.9. The minimum absolute atomic E-state index is 0.0260. The van der Waals surface area contributed by atoms with Gasteiger partial charge in [-0.2, -0.15) is 0 Å². The number of amides is 1. The van der Waals surface area contributed by atoms with Crippen LogP contribution in [0.5, 0.6) is 0 Å². The number of rotatable bonds is 3. The van der Waals surface area contributed by atoms with Crippen LogP contribution in [0.2, 0.25) is 0 Å². The Morgan fingerprint density at radius 1 is 1.12 bits per heavy atom. The van der Waals surface area contributed by atoms with E-state index in [0.717, 1.165) is 13.0 Å². The molecule has 0 spiro atoms. The summed E-state index contributed by atoms with van der Waals surface area (Å²) < 4.78 is 0. The summed E-state index contributed by atoms with van der Waals surface area (Å²) >= 11 is 0. The van der Waals surface area contributed by atoms with Crippen LogP contribution in [0.3, 0.4) is 0 Å². The maximum absolute atomic E-state index is 12.5. The van der Waals surface area contributed by atoms with E-state index in [1.54, 1.807) is 30.6 Å². The summed E-state index contributed by atoms with van der Waals surface area (Å²) in [5.74, 6) is 0.665. The predicted octanol–water partition coefficient (Wildman–Crippen LogP) is 1.74. The first kappa shape index (κ1) is 15.9. The lowest BCUT2D eigenvalue weighted by Crippen LogP contribution is -2.35. The fraction of sp³-hybridized carbons (Fsp3) is 0.312. The van der Waals surface area contributed by atoms with Gasteiger partial charge in [-0.3, -0.25) is 19.9 Å². The van der Waals surface area contributed by atoms with Crippen molar-refractivity contribution in [2.24, 2.45) is 0 Å². The Labute approximate surface area is 138 Å². The van der Waals surface area contributed by atoms with Crippen molar-refractivity contribution in [2.45, 2.75) is 6.42 Å². The van der Waals surface area contributed by atoms with Crippen molar-refractivity contribution in [3.05, 3.63) is 58.5 Å². The highest BCUT2D eigenvalue weighted by atomic mass is 16.6. The third-order valence-corrected chi connectivity index (χ3v) is 3.96. The standard InChI is InChI=1S/C16H17N5O3/c22-16(13-3-1-6-17-11-13)20-8-2-7-19(9-10-20)15-5-4-14(12-18-15)21(23)24/h1,3-6,11-12H,2,7-10H2. The number of carbonyl (C=O) groups is 1. The fourth-order valence-corrected chi connectivity index (χ4v) is 2.69. The second-order valence-electron chi connectivity index (χ2n) is 5.51. The highest BCUT2D eigenvalue weighted by Crippen LogP contribution is 2.18. The summed E-state index contributed by atoms with van der Waals surface area (Å²) in [5, 5.41) is 10.7. The van der Waals surface area contributed by atoms with E-state index < -0.39 is 4.92 Å². The molecule has 0 atom stereocenters. The molecule has 0 aliphatic carbocycles. The van der Waals surface area contributed by atoms with Gasteiger partial charge in [0.15, 0.2) is 0 Å². The minimum Gasteiger partial charge on any atom is -0.355 e. The minimum atomic E-state index is -0.465.